The minimum absolute atomic E-state index is 0. The van der Waals surface area contributed by atoms with Crippen molar-refractivity contribution in [3.05, 3.63) is 0 Å². The van der Waals surface area contributed by atoms with Crippen LogP contribution >= 0.6 is 12.4 Å². The maximum Gasteiger partial charge on any atom is 0.145 e. The first-order valence-corrected chi connectivity index (χ1v) is 5.35. The fourth-order valence-electron chi connectivity index (χ4n) is 1.62. The average Bonchev–Trinajstić information content (AvgIpc) is 2.21. The largest absolute Gasteiger partial charge is 0.411 e. The van der Waals surface area contributed by atoms with Crippen molar-refractivity contribution in [3.8, 4) is 0 Å². The number of hydrogen-bond donors (Lipinski definition) is 1. The molecule has 0 saturated carbocycles. The van der Waals surface area contributed by atoms with E-state index in [2.05, 4.69) is 22.0 Å². The molecular formula is C10H20ClN3O. The zero-order valence-electron chi connectivity index (χ0n) is 9.22. The fraction of sp³-hybridized carbons (Fsp3) is 0.800. The van der Waals surface area contributed by atoms with Gasteiger partial charge in [-0.1, -0.05) is 24.9 Å². The van der Waals surface area contributed by atoms with Gasteiger partial charge in [-0.25, -0.2) is 0 Å². The Morgan fingerprint density at radius 3 is 3.00 bits per heavy atom. The van der Waals surface area contributed by atoms with Gasteiger partial charge < -0.3 is 10.1 Å². The molecule has 1 heterocycles. The van der Waals surface area contributed by atoms with E-state index in [1.54, 1.807) is 0 Å². The van der Waals surface area contributed by atoms with Gasteiger partial charge in [0.25, 0.3) is 0 Å². The molecule has 0 aromatic rings. The number of aliphatic imine (C=N–C) groups is 1. The van der Waals surface area contributed by atoms with Crippen molar-refractivity contribution < 1.29 is 5.21 Å². The first-order valence-electron chi connectivity index (χ1n) is 5.35. The van der Waals surface area contributed by atoms with Crippen molar-refractivity contribution >= 4 is 24.5 Å². The molecule has 1 rings (SSSR count). The van der Waals surface area contributed by atoms with E-state index < -0.39 is 0 Å². The molecule has 1 N–H and O–H groups in total. The maximum absolute atomic E-state index is 8.47. The topological polar surface area (TPSA) is 48.2 Å². The highest BCUT2D eigenvalue weighted by Gasteiger charge is 2.12. The molecule has 0 atom stereocenters. The Balaban J connectivity index is 0.00000196. The molecule has 0 saturated heterocycles. The number of oxime groups is 1. The van der Waals surface area contributed by atoms with E-state index in [1.165, 1.54) is 25.5 Å². The summed E-state index contributed by atoms with van der Waals surface area (Å²) in [6.45, 7) is 5.11. The molecule has 1 aliphatic heterocycles. The molecule has 4 nitrogen and oxygen atoms in total. The van der Waals surface area contributed by atoms with E-state index in [-0.39, 0.29) is 12.4 Å². The standard InChI is InChI=1S/C10H19N3O.ClH/c1-2-3-4-7-13-8-5-6-11-10(13)9-12-14;/h9,14H,2-8H2,1H3;1H/b12-9+;. The van der Waals surface area contributed by atoms with E-state index in [9.17, 15) is 0 Å². The molecule has 0 bridgehead atoms. The second-order valence-corrected chi connectivity index (χ2v) is 3.53. The van der Waals surface area contributed by atoms with Crippen LogP contribution < -0.4 is 0 Å². The quantitative estimate of drug-likeness (QED) is 0.342. The van der Waals surface area contributed by atoms with Crippen LogP contribution in [-0.4, -0.2) is 41.8 Å². The SMILES string of the molecule is CCCCCN1CCCN=C1/C=N/O.Cl. The molecule has 0 radical (unpaired) electrons. The summed E-state index contributed by atoms with van der Waals surface area (Å²) in [5.74, 6) is 0.829. The molecule has 0 aromatic heterocycles. The third kappa shape index (κ3) is 5.02. The normalized spacial score (nSPS) is 16.3. The third-order valence-corrected chi connectivity index (χ3v) is 2.39. The highest BCUT2D eigenvalue weighted by Crippen LogP contribution is 2.05. The smallest absolute Gasteiger partial charge is 0.145 e. The summed E-state index contributed by atoms with van der Waals surface area (Å²) in [5, 5.41) is 11.5. The van der Waals surface area contributed by atoms with Crippen LogP contribution in [0, 0.1) is 0 Å². The number of hydrogen-bond acceptors (Lipinski definition) is 4. The van der Waals surface area contributed by atoms with Gasteiger partial charge in [-0.05, 0) is 12.8 Å². The van der Waals surface area contributed by atoms with Gasteiger partial charge in [-0.15, -0.1) is 12.4 Å². The Bertz CT molecular complexity index is 219. The summed E-state index contributed by atoms with van der Waals surface area (Å²) < 4.78 is 0. The summed E-state index contributed by atoms with van der Waals surface area (Å²) >= 11 is 0. The lowest BCUT2D eigenvalue weighted by Gasteiger charge is -2.26. The van der Waals surface area contributed by atoms with Crippen molar-refractivity contribution in [2.45, 2.75) is 32.6 Å². The van der Waals surface area contributed by atoms with E-state index in [4.69, 9.17) is 5.21 Å². The number of nitrogens with zero attached hydrogens (tertiary/aromatic N) is 3. The molecule has 1 aliphatic rings. The highest BCUT2D eigenvalue weighted by molar-refractivity contribution is 6.29. The van der Waals surface area contributed by atoms with Crippen molar-refractivity contribution in [1.29, 1.82) is 0 Å². The number of unbranched alkanes of at least 4 members (excludes halogenated alkanes) is 2. The molecule has 0 aromatic carbocycles. The van der Waals surface area contributed by atoms with Gasteiger partial charge in [0.05, 0.1) is 0 Å². The van der Waals surface area contributed by atoms with Gasteiger partial charge in [-0.3, -0.25) is 4.99 Å². The Hall–Kier alpha value is -0.770. The van der Waals surface area contributed by atoms with E-state index in [0.717, 1.165) is 31.9 Å². The molecule has 0 fully saturated rings. The summed E-state index contributed by atoms with van der Waals surface area (Å²) in [4.78, 5) is 6.51. The molecule has 88 valence electrons. The average molecular weight is 234 g/mol. The number of rotatable bonds is 5. The van der Waals surface area contributed by atoms with Crippen LogP contribution in [0.5, 0.6) is 0 Å². The van der Waals surface area contributed by atoms with Crippen LogP contribution in [0.3, 0.4) is 0 Å². The van der Waals surface area contributed by atoms with Gasteiger partial charge >= 0.3 is 0 Å². The Labute approximate surface area is 97.5 Å². The third-order valence-electron chi connectivity index (χ3n) is 2.39. The molecule has 0 unspecified atom stereocenters. The van der Waals surface area contributed by atoms with Gasteiger partial charge in [0.1, 0.15) is 12.1 Å². The van der Waals surface area contributed by atoms with Crippen molar-refractivity contribution in [2.24, 2.45) is 10.1 Å². The lowest BCUT2D eigenvalue weighted by molar-refractivity contribution is 0.320. The predicted octanol–water partition coefficient (Wildman–Crippen LogP) is 2.16. The van der Waals surface area contributed by atoms with Crippen molar-refractivity contribution in [3.63, 3.8) is 0 Å². The van der Waals surface area contributed by atoms with E-state index in [1.807, 2.05) is 0 Å². The minimum Gasteiger partial charge on any atom is -0.411 e. The summed E-state index contributed by atoms with van der Waals surface area (Å²) in [6.07, 6.45) is 6.21. The molecule has 15 heavy (non-hydrogen) atoms. The second-order valence-electron chi connectivity index (χ2n) is 3.53. The fourth-order valence-corrected chi connectivity index (χ4v) is 1.62. The van der Waals surface area contributed by atoms with Crippen LogP contribution in [0.2, 0.25) is 0 Å². The molecule has 0 aliphatic carbocycles. The Kier molecular flexibility index (Phi) is 8.09. The van der Waals surface area contributed by atoms with Crippen molar-refractivity contribution in [1.82, 2.24) is 4.90 Å². The molecule has 0 amide bonds. The summed E-state index contributed by atoms with van der Waals surface area (Å²) in [7, 11) is 0. The Morgan fingerprint density at radius 1 is 1.53 bits per heavy atom. The second kappa shape index (κ2) is 8.53. The van der Waals surface area contributed by atoms with Crippen molar-refractivity contribution in [2.75, 3.05) is 19.6 Å². The first-order chi connectivity index (χ1) is 6.88. The zero-order chi connectivity index (χ0) is 10.2. The molecule has 5 heteroatoms. The van der Waals surface area contributed by atoms with Crippen LogP contribution in [-0.2, 0) is 0 Å². The lowest BCUT2D eigenvalue weighted by Crippen LogP contribution is -2.37. The van der Waals surface area contributed by atoms with Gasteiger partial charge in [0.2, 0.25) is 0 Å². The summed E-state index contributed by atoms with van der Waals surface area (Å²) in [6, 6.07) is 0. The number of amidine groups is 1. The molecular weight excluding hydrogens is 214 g/mol. The van der Waals surface area contributed by atoms with Gasteiger partial charge in [0, 0.05) is 19.6 Å². The zero-order valence-corrected chi connectivity index (χ0v) is 10.0. The van der Waals surface area contributed by atoms with Crippen LogP contribution in [0.15, 0.2) is 10.1 Å². The van der Waals surface area contributed by atoms with Gasteiger partial charge in [0.15, 0.2) is 0 Å². The summed E-state index contributed by atoms with van der Waals surface area (Å²) in [5.41, 5.74) is 0. The predicted molar refractivity (Wildman–Crippen MR) is 65.5 cm³/mol. The Morgan fingerprint density at radius 2 is 2.33 bits per heavy atom. The minimum atomic E-state index is 0. The first kappa shape index (κ1) is 14.2. The monoisotopic (exact) mass is 233 g/mol. The van der Waals surface area contributed by atoms with Crippen LogP contribution in [0.25, 0.3) is 0 Å². The van der Waals surface area contributed by atoms with Crippen LogP contribution in [0.4, 0.5) is 0 Å². The highest BCUT2D eigenvalue weighted by atomic mass is 35.5. The van der Waals surface area contributed by atoms with Crippen LogP contribution in [0.1, 0.15) is 32.6 Å². The van der Waals surface area contributed by atoms with E-state index in [0.29, 0.717) is 0 Å². The lowest BCUT2D eigenvalue weighted by atomic mass is 10.2. The number of halogens is 1. The molecule has 0 spiro atoms. The van der Waals surface area contributed by atoms with Gasteiger partial charge in [-0.2, -0.15) is 0 Å². The maximum atomic E-state index is 8.47. The van der Waals surface area contributed by atoms with E-state index >= 15 is 0 Å².